The van der Waals surface area contributed by atoms with Crippen molar-refractivity contribution in [3.05, 3.63) is 84.4 Å². The lowest BCUT2D eigenvalue weighted by atomic mass is 10.1. The van der Waals surface area contributed by atoms with Gasteiger partial charge in [0.05, 0.1) is 43.0 Å². The molecule has 2 aromatic heterocycles. The first-order valence-electron chi connectivity index (χ1n) is 10.4. The molecule has 1 aliphatic rings. The molecule has 31 heavy (non-hydrogen) atoms. The first-order valence-corrected chi connectivity index (χ1v) is 10.4. The third-order valence-electron chi connectivity index (χ3n) is 5.59. The van der Waals surface area contributed by atoms with Gasteiger partial charge in [0, 0.05) is 36.8 Å². The molecule has 2 aromatic carbocycles. The summed E-state index contributed by atoms with van der Waals surface area (Å²) in [6.45, 7) is 3.23. The molecular formula is C25H24N4O2. The van der Waals surface area contributed by atoms with Crippen molar-refractivity contribution < 1.29 is 9.47 Å². The maximum Gasteiger partial charge on any atom is 0.118 e. The second kappa shape index (κ2) is 8.79. The highest BCUT2D eigenvalue weighted by molar-refractivity contribution is 5.78. The number of ether oxygens (including phenoxy) is 2. The summed E-state index contributed by atoms with van der Waals surface area (Å²) in [4.78, 5) is 16.1. The summed E-state index contributed by atoms with van der Waals surface area (Å²) >= 11 is 0. The molecule has 0 amide bonds. The first kappa shape index (κ1) is 19.6. The highest BCUT2D eigenvalue weighted by Gasteiger charge is 2.24. The van der Waals surface area contributed by atoms with Gasteiger partial charge in [-0.2, -0.15) is 0 Å². The van der Waals surface area contributed by atoms with E-state index >= 15 is 0 Å². The standard InChI is InChI=1S/C25H24N4O2/c1-30-21-7-5-19(6-8-21)23-14-26-15-24(28-23)25-17-29(11-12-31-25)16-18-4-9-22-20(13-18)3-2-10-27-22/h2-10,13-15,25H,11-12,16-17H2,1H3. The van der Waals surface area contributed by atoms with E-state index < -0.39 is 0 Å². The van der Waals surface area contributed by atoms with Crippen LogP contribution in [0, 0.1) is 0 Å². The second-order valence-corrected chi connectivity index (χ2v) is 7.68. The van der Waals surface area contributed by atoms with Crippen LogP contribution in [-0.2, 0) is 11.3 Å². The molecule has 1 saturated heterocycles. The lowest BCUT2D eigenvalue weighted by Crippen LogP contribution is -2.38. The van der Waals surface area contributed by atoms with Gasteiger partial charge >= 0.3 is 0 Å². The number of benzene rings is 2. The Bertz CT molecular complexity index is 1180. The summed E-state index contributed by atoms with van der Waals surface area (Å²) in [6, 6.07) is 18.4. The summed E-state index contributed by atoms with van der Waals surface area (Å²) in [5.74, 6) is 0.823. The molecule has 0 bridgehead atoms. The molecule has 6 heteroatoms. The Balaban J connectivity index is 1.31. The number of aromatic nitrogens is 3. The normalized spacial score (nSPS) is 17.0. The van der Waals surface area contributed by atoms with Gasteiger partial charge in [0.2, 0.25) is 0 Å². The van der Waals surface area contributed by atoms with Crippen LogP contribution < -0.4 is 4.74 Å². The zero-order chi connectivity index (χ0) is 21.0. The van der Waals surface area contributed by atoms with Crippen LogP contribution in [0.5, 0.6) is 5.75 Å². The molecular weight excluding hydrogens is 388 g/mol. The number of hydrogen-bond donors (Lipinski definition) is 0. The van der Waals surface area contributed by atoms with Crippen molar-refractivity contribution in [2.75, 3.05) is 26.8 Å². The minimum atomic E-state index is -0.0958. The summed E-state index contributed by atoms with van der Waals surface area (Å²) in [5.41, 5.74) is 5.01. The van der Waals surface area contributed by atoms with Crippen molar-refractivity contribution in [2.24, 2.45) is 0 Å². The van der Waals surface area contributed by atoms with Crippen LogP contribution in [0.2, 0.25) is 0 Å². The SMILES string of the molecule is COc1ccc(-c2cncc(C3CN(Cc4ccc5ncccc5c4)CCO3)n2)cc1. The van der Waals surface area contributed by atoms with Crippen molar-refractivity contribution in [1.29, 1.82) is 0 Å². The predicted octanol–water partition coefficient (Wildman–Crippen LogP) is 4.27. The molecule has 0 radical (unpaired) electrons. The Kier molecular flexibility index (Phi) is 5.56. The highest BCUT2D eigenvalue weighted by atomic mass is 16.5. The van der Waals surface area contributed by atoms with Crippen molar-refractivity contribution in [3.63, 3.8) is 0 Å². The van der Waals surface area contributed by atoms with Crippen LogP contribution in [0.25, 0.3) is 22.2 Å². The summed E-state index contributed by atoms with van der Waals surface area (Å²) < 4.78 is 11.3. The fourth-order valence-electron chi connectivity index (χ4n) is 3.94. The molecule has 0 saturated carbocycles. The zero-order valence-electron chi connectivity index (χ0n) is 17.4. The molecule has 0 aliphatic carbocycles. The van der Waals surface area contributed by atoms with Gasteiger partial charge in [-0.3, -0.25) is 14.9 Å². The number of nitrogens with zero attached hydrogens (tertiary/aromatic N) is 4. The van der Waals surface area contributed by atoms with E-state index in [9.17, 15) is 0 Å². The van der Waals surface area contributed by atoms with Gasteiger partial charge < -0.3 is 9.47 Å². The number of morpholine rings is 1. The minimum absolute atomic E-state index is 0.0958. The van der Waals surface area contributed by atoms with E-state index in [1.807, 2.05) is 42.7 Å². The third kappa shape index (κ3) is 4.40. The Labute approximate surface area is 181 Å². The van der Waals surface area contributed by atoms with Crippen molar-refractivity contribution in [3.8, 4) is 17.0 Å². The summed E-state index contributed by atoms with van der Waals surface area (Å²) in [6.07, 6.45) is 5.33. The van der Waals surface area contributed by atoms with Gasteiger partial charge in [0.1, 0.15) is 11.9 Å². The van der Waals surface area contributed by atoms with Gasteiger partial charge in [0.25, 0.3) is 0 Å². The van der Waals surface area contributed by atoms with Crippen LogP contribution in [-0.4, -0.2) is 46.7 Å². The Morgan fingerprint density at radius 1 is 1.10 bits per heavy atom. The predicted molar refractivity (Wildman–Crippen MR) is 120 cm³/mol. The van der Waals surface area contributed by atoms with E-state index in [-0.39, 0.29) is 6.10 Å². The van der Waals surface area contributed by atoms with E-state index in [4.69, 9.17) is 14.5 Å². The average molecular weight is 412 g/mol. The van der Waals surface area contributed by atoms with E-state index in [0.717, 1.165) is 47.9 Å². The Hall–Kier alpha value is -3.35. The smallest absolute Gasteiger partial charge is 0.118 e. The number of methoxy groups -OCH3 is 1. The Morgan fingerprint density at radius 2 is 2.00 bits per heavy atom. The van der Waals surface area contributed by atoms with Gasteiger partial charge in [-0.1, -0.05) is 12.1 Å². The number of pyridine rings is 1. The molecule has 1 atom stereocenters. The minimum Gasteiger partial charge on any atom is -0.497 e. The quantitative estimate of drug-likeness (QED) is 0.488. The molecule has 3 heterocycles. The van der Waals surface area contributed by atoms with Gasteiger partial charge in [-0.15, -0.1) is 0 Å². The largest absolute Gasteiger partial charge is 0.497 e. The van der Waals surface area contributed by atoms with Crippen molar-refractivity contribution in [1.82, 2.24) is 19.9 Å². The molecule has 1 fully saturated rings. The number of rotatable bonds is 5. The molecule has 1 aliphatic heterocycles. The molecule has 1 unspecified atom stereocenters. The monoisotopic (exact) mass is 412 g/mol. The molecule has 6 nitrogen and oxygen atoms in total. The van der Waals surface area contributed by atoms with Crippen LogP contribution in [0.15, 0.2) is 73.2 Å². The number of hydrogen-bond acceptors (Lipinski definition) is 6. The molecule has 0 N–H and O–H groups in total. The van der Waals surface area contributed by atoms with Crippen molar-refractivity contribution >= 4 is 10.9 Å². The molecule has 156 valence electrons. The average Bonchev–Trinajstić information content (AvgIpc) is 2.84. The fraction of sp³-hybridized carbons (Fsp3) is 0.240. The zero-order valence-corrected chi connectivity index (χ0v) is 17.4. The summed E-state index contributed by atoms with van der Waals surface area (Å²) in [7, 11) is 1.66. The topological polar surface area (TPSA) is 60.4 Å². The van der Waals surface area contributed by atoms with Crippen molar-refractivity contribution in [2.45, 2.75) is 12.6 Å². The van der Waals surface area contributed by atoms with Crippen LogP contribution >= 0.6 is 0 Å². The van der Waals surface area contributed by atoms with Crippen LogP contribution in [0.1, 0.15) is 17.4 Å². The van der Waals surface area contributed by atoms with E-state index in [0.29, 0.717) is 6.61 Å². The van der Waals surface area contributed by atoms with E-state index in [1.165, 1.54) is 10.9 Å². The second-order valence-electron chi connectivity index (χ2n) is 7.68. The highest BCUT2D eigenvalue weighted by Crippen LogP contribution is 2.25. The lowest BCUT2D eigenvalue weighted by Gasteiger charge is -2.32. The molecule has 4 aromatic rings. The first-order chi connectivity index (χ1) is 15.3. The maximum absolute atomic E-state index is 6.06. The van der Waals surface area contributed by atoms with Gasteiger partial charge in [0.15, 0.2) is 0 Å². The molecule has 0 spiro atoms. The Morgan fingerprint density at radius 3 is 2.87 bits per heavy atom. The third-order valence-corrected chi connectivity index (χ3v) is 5.59. The van der Waals surface area contributed by atoms with Crippen LogP contribution in [0.4, 0.5) is 0 Å². The maximum atomic E-state index is 6.06. The van der Waals surface area contributed by atoms with Crippen LogP contribution in [0.3, 0.4) is 0 Å². The fourth-order valence-corrected chi connectivity index (χ4v) is 3.94. The van der Waals surface area contributed by atoms with E-state index in [2.05, 4.69) is 39.1 Å². The summed E-state index contributed by atoms with van der Waals surface area (Å²) in [5, 5.41) is 1.17. The molecule has 5 rings (SSSR count). The lowest BCUT2D eigenvalue weighted by molar-refractivity contribution is -0.0351. The van der Waals surface area contributed by atoms with Gasteiger partial charge in [-0.25, -0.2) is 4.98 Å². The van der Waals surface area contributed by atoms with Gasteiger partial charge in [-0.05, 0) is 48.0 Å². The number of fused-ring (bicyclic) bond motifs is 1. The van der Waals surface area contributed by atoms with E-state index in [1.54, 1.807) is 13.3 Å².